The van der Waals surface area contributed by atoms with Crippen molar-refractivity contribution >= 4 is 27.7 Å². The SMILES string of the molecule is CC(=O)Cn1ncc2c(=O)oc3ccccc3c21. The van der Waals surface area contributed by atoms with E-state index in [1.807, 2.05) is 12.1 Å². The molecule has 0 radical (unpaired) electrons. The molecule has 90 valence electrons. The van der Waals surface area contributed by atoms with Gasteiger partial charge in [0, 0.05) is 5.39 Å². The number of hydrogen-bond donors (Lipinski definition) is 0. The molecule has 0 spiro atoms. The summed E-state index contributed by atoms with van der Waals surface area (Å²) < 4.78 is 6.74. The van der Waals surface area contributed by atoms with E-state index in [1.54, 1.807) is 12.1 Å². The highest BCUT2D eigenvalue weighted by atomic mass is 16.4. The largest absolute Gasteiger partial charge is 0.422 e. The van der Waals surface area contributed by atoms with E-state index in [9.17, 15) is 9.59 Å². The highest BCUT2D eigenvalue weighted by Gasteiger charge is 2.13. The Morgan fingerprint density at radius 2 is 2.11 bits per heavy atom. The molecule has 0 aliphatic carbocycles. The molecule has 1 aromatic carbocycles. The van der Waals surface area contributed by atoms with Crippen LogP contribution in [-0.4, -0.2) is 15.6 Å². The third kappa shape index (κ3) is 1.52. The van der Waals surface area contributed by atoms with Crippen molar-refractivity contribution in [3.8, 4) is 0 Å². The van der Waals surface area contributed by atoms with Crippen molar-refractivity contribution in [3.05, 3.63) is 40.9 Å². The van der Waals surface area contributed by atoms with Gasteiger partial charge >= 0.3 is 5.63 Å². The van der Waals surface area contributed by atoms with Crippen LogP contribution in [0.2, 0.25) is 0 Å². The molecule has 2 aromatic heterocycles. The number of hydrogen-bond acceptors (Lipinski definition) is 4. The summed E-state index contributed by atoms with van der Waals surface area (Å²) in [6, 6.07) is 7.22. The van der Waals surface area contributed by atoms with Crippen molar-refractivity contribution in [2.75, 3.05) is 0 Å². The number of aromatic nitrogens is 2. The van der Waals surface area contributed by atoms with Gasteiger partial charge in [-0.2, -0.15) is 5.10 Å². The average Bonchev–Trinajstić information content (AvgIpc) is 2.73. The lowest BCUT2D eigenvalue weighted by molar-refractivity contribution is -0.117. The maximum absolute atomic E-state index is 11.8. The molecule has 0 fully saturated rings. The fourth-order valence-electron chi connectivity index (χ4n) is 2.06. The standard InChI is InChI=1S/C13H10N2O3/c1-8(16)7-15-12-9-4-2-3-5-11(9)18-13(17)10(12)6-14-15/h2-6H,7H2,1H3. The van der Waals surface area contributed by atoms with Crippen LogP contribution in [0.3, 0.4) is 0 Å². The van der Waals surface area contributed by atoms with Gasteiger partial charge < -0.3 is 4.42 Å². The molecular weight excluding hydrogens is 232 g/mol. The van der Waals surface area contributed by atoms with Crippen LogP contribution in [0.15, 0.2) is 39.7 Å². The Kier molecular flexibility index (Phi) is 2.26. The van der Waals surface area contributed by atoms with Gasteiger partial charge in [0.25, 0.3) is 0 Å². The zero-order valence-corrected chi connectivity index (χ0v) is 9.71. The highest BCUT2D eigenvalue weighted by Crippen LogP contribution is 2.22. The number of carbonyl (C=O) groups excluding carboxylic acids is 1. The zero-order chi connectivity index (χ0) is 12.7. The first-order valence-electron chi connectivity index (χ1n) is 5.53. The first kappa shape index (κ1) is 10.7. The Morgan fingerprint density at radius 1 is 1.33 bits per heavy atom. The summed E-state index contributed by atoms with van der Waals surface area (Å²) in [7, 11) is 0. The molecule has 0 amide bonds. The Morgan fingerprint density at radius 3 is 2.89 bits per heavy atom. The van der Waals surface area contributed by atoms with E-state index >= 15 is 0 Å². The number of fused-ring (bicyclic) bond motifs is 3. The van der Waals surface area contributed by atoms with Crippen LogP contribution >= 0.6 is 0 Å². The fourth-order valence-corrected chi connectivity index (χ4v) is 2.06. The molecule has 0 bridgehead atoms. The van der Waals surface area contributed by atoms with Crippen LogP contribution in [0.1, 0.15) is 6.92 Å². The third-order valence-electron chi connectivity index (χ3n) is 2.78. The first-order valence-corrected chi connectivity index (χ1v) is 5.53. The zero-order valence-electron chi connectivity index (χ0n) is 9.71. The molecule has 5 heteroatoms. The number of ketones is 1. The van der Waals surface area contributed by atoms with Crippen molar-refractivity contribution in [2.45, 2.75) is 13.5 Å². The lowest BCUT2D eigenvalue weighted by Crippen LogP contribution is -2.08. The maximum Gasteiger partial charge on any atom is 0.347 e. The topological polar surface area (TPSA) is 65.1 Å². The minimum Gasteiger partial charge on any atom is -0.422 e. The molecule has 0 N–H and O–H groups in total. The predicted molar refractivity (Wildman–Crippen MR) is 66.5 cm³/mol. The lowest BCUT2D eigenvalue weighted by atomic mass is 10.2. The van der Waals surface area contributed by atoms with E-state index in [0.717, 1.165) is 5.39 Å². The Labute approximate surface area is 102 Å². The summed E-state index contributed by atoms with van der Waals surface area (Å²) in [5.74, 6) is -0.0164. The first-order chi connectivity index (χ1) is 8.66. The second-order valence-electron chi connectivity index (χ2n) is 4.15. The van der Waals surface area contributed by atoms with E-state index < -0.39 is 5.63 Å². The van der Waals surface area contributed by atoms with Gasteiger partial charge in [0.15, 0.2) is 5.78 Å². The average molecular weight is 242 g/mol. The molecule has 0 saturated heterocycles. The Balaban J connectivity index is 2.47. The number of benzene rings is 1. The summed E-state index contributed by atoms with van der Waals surface area (Å²) in [5, 5.41) is 5.26. The summed E-state index contributed by atoms with van der Waals surface area (Å²) >= 11 is 0. The van der Waals surface area contributed by atoms with E-state index in [0.29, 0.717) is 16.5 Å². The number of para-hydroxylation sites is 1. The third-order valence-corrected chi connectivity index (χ3v) is 2.78. The van der Waals surface area contributed by atoms with Crippen LogP contribution < -0.4 is 5.63 Å². The van der Waals surface area contributed by atoms with Crippen LogP contribution in [0.5, 0.6) is 0 Å². The summed E-state index contributed by atoms with van der Waals surface area (Å²) in [6.45, 7) is 1.64. The molecule has 0 aliphatic heterocycles. The number of nitrogens with zero attached hydrogens (tertiary/aromatic N) is 2. The molecule has 0 unspecified atom stereocenters. The van der Waals surface area contributed by atoms with E-state index in [1.165, 1.54) is 17.8 Å². The minimum absolute atomic E-state index is 0.0164. The molecule has 18 heavy (non-hydrogen) atoms. The number of Topliss-reactive ketones (excluding diaryl/α,β-unsaturated/α-hetero) is 1. The van der Waals surface area contributed by atoms with Gasteiger partial charge in [-0.15, -0.1) is 0 Å². The van der Waals surface area contributed by atoms with Gasteiger partial charge in [-0.05, 0) is 19.1 Å². The Bertz CT molecular complexity index is 814. The highest BCUT2D eigenvalue weighted by molar-refractivity contribution is 6.02. The normalized spacial score (nSPS) is 11.2. The van der Waals surface area contributed by atoms with Crippen molar-refractivity contribution in [1.82, 2.24) is 9.78 Å². The predicted octanol–water partition coefficient (Wildman–Crippen LogP) is 1.73. The van der Waals surface area contributed by atoms with Crippen molar-refractivity contribution in [3.63, 3.8) is 0 Å². The van der Waals surface area contributed by atoms with Crippen LogP contribution in [0.4, 0.5) is 0 Å². The molecular formula is C13H10N2O3. The monoisotopic (exact) mass is 242 g/mol. The van der Waals surface area contributed by atoms with Gasteiger partial charge in [0.05, 0.1) is 18.3 Å². The maximum atomic E-state index is 11.8. The summed E-state index contributed by atoms with van der Waals surface area (Å²) in [6.07, 6.45) is 1.44. The van der Waals surface area contributed by atoms with Crippen molar-refractivity contribution in [2.24, 2.45) is 0 Å². The van der Waals surface area contributed by atoms with Gasteiger partial charge in [0.1, 0.15) is 11.0 Å². The van der Waals surface area contributed by atoms with Gasteiger partial charge in [0.2, 0.25) is 0 Å². The van der Waals surface area contributed by atoms with Gasteiger partial charge in [-0.1, -0.05) is 12.1 Å². The van der Waals surface area contributed by atoms with Crippen LogP contribution in [0.25, 0.3) is 21.9 Å². The second kappa shape index (κ2) is 3.80. The second-order valence-corrected chi connectivity index (χ2v) is 4.15. The molecule has 3 aromatic rings. The number of rotatable bonds is 2. The summed E-state index contributed by atoms with van der Waals surface area (Å²) in [4.78, 5) is 23.0. The van der Waals surface area contributed by atoms with Gasteiger partial charge in [-0.25, -0.2) is 4.79 Å². The van der Waals surface area contributed by atoms with Crippen molar-refractivity contribution in [1.29, 1.82) is 0 Å². The molecule has 0 aliphatic rings. The van der Waals surface area contributed by atoms with Crippen molar-refractivity contribution < 1.29 is 9.21 Å². The van der Waals surface area contributed by atoms with Crippen LogP contribution in [0, 0.1) is 0 Å². The Hall–Kier alpha value is -2.43. The quantitative estimate of drug-likeness (QED) is 0.642. The molecule has 2 heterocycles. The van der Waals surface area contributed by atoms with E-state index in [2.05, 4.69) is 5.10 Å². The fraction of sp³-hybridized carbons (Fsp3) is 0.154. The minimum atomic E-state index is -0.432. The molecule has 0 saturated carbocycles. The number of carbonyl (C=O) groups is 1. The lowest BCUT2D eigenvalue weighted by Gasteiger charge is -2.02. The van der Waals surface area contributed by atoms with Gasteiger partial charge in [-0.3, -0.25) is 9.48 Å². The molecule has 5 nitrogen and oxygen atoms in total. The molecule has 0 atom stereocenters. The molecule has 3 rings (SSSR count). The summed E-state index contributed by atoms with van der Waals surface area (Å²) in [5.41, 5.74) is 0.718. The van der Waals surface area contributed by atoms with Crippen LogP contribution in [-0.2, 0) is 11.3 Å². The van der Waals surface area contributed by atoms with E-state index in [-0.39, 0.29) is 12.3 Å². The smallest absolute Gasteiger partial charge is 0.347 e. The van der Waals surface area contributed by atoms with E-state index in [4.69, 9.17) is 4.42 Å².